The van der Waals surface area contributed by atoms with Crippen molar-refractivity contribution in [3.8, 4) is 0 Å². The second-order valence-electron chi connectivity index (χ2n) is 6.50. The third-order valence-corrected chi connectivity index (χ3v) is 4.34. The third-order valence-electron chi connectivity index (χ3n) is 4.34. The van der Waals surface area contributed by atoms with Gasteiger partial charge in [0.1, 0.15) is 6.33 Å². The smallest absolute Gasteiger partial charge is 0.191 e. The van der Waals surface area contributed by atoms with E-state index in [4.69, 9.17) is 0 Å². The average molecular weight is 307 g/mol. The summed E-state index contributed by atoms with van der Waals surface area (Å²) in [6.07, 6.45) is 5.68. The summed E-state index contributed by atoms with van der Waals surface area (Å²) in [6, 6.07) is 0. The fraction of sp³-hybridized carbons (Fsp3) is 0.800. The van der Waals surface area contributed by atoms with Crippen LogP contribution in [0.15, 0.2) is 11.3 Å². The molecular formula is C15H29N7. The molecule has 1 saturated heterocycles. The van der Waals surface area contributed by atoms with E-state index in [0.717, 1.165) is 18.3 Å². The predicted octanol–water partition coefficient (Wildman–Crippen LogP) is 0.745. The first-order chi connectivity index (χ1) is 10.5. The molecule has 7 heteroatoms. The van der Waals surface area contributed by atoms with Crippen molar-refractivity contribution in [3.63, 3.8) is 0 Å². The highest BCUT2D eigenvalue weighted by Crippen LogP contribution is 2.19. The van der Waals surface area contributed by atoms with Crippen LogP contribution in [0, 0.1) is 0 Å². The summed E-state index contributed by atoms with van der Waals surface area (Å²) >= 11 is 0. The van der Waals surface area contributed by atoms with Crippen LogP contribution in [0.4, 0.5) is 0 Å². The molecule has 0 aliphatic carbocycles. The van der Waals surface area contributed by atoms with Crippen molar-refractivity contribution >= 4 is 5.96 Å². The summed E-state index contributed by atoms with van der Waals surface area (Å²) in [4.78, 5) is 6.85. The van der Waals surface area contributed by atoms with E-state index < -0.39 is 0 Å². The Morgan fingerprint density at radius 3 is 2.59 bits per heavy atom. The number of piperidine rings is 1. The van der Waals surface area contributed by atoms with Crippen molar-refractivity contribution in [2.24, 2.45) is 12.0 Å². The Hall–Kier alpha value is -1.63. The van der Waals surface area contributed by atoms with Crippen molar-refractivity contribution in [2.45, 2.75) is 45.2 Å². The minimum Gasteiger partial charge on any atom is -0.355 e. The summed E-state index contributed by atoms with van der Waals surface area (Å²) in [5.41, 5.74) is 0.128. The van der Waals surface area contributed by atoms with Gasteiger partial charge in [-0.15, -0.1) is 10.2 Å². The molecule has 124 valence electrons. The van der Waals surface area contributed by atoms with Gasteiger partial charge in [0.2, 0.25) is 0 Å². The van der Waals surface area contributed by atoms with Gasteiger partial charge in [-0.25, -0.2) is 0 Å². The Morgan fingerprint density at radius 2 is 2.00 bits per heavy atom. The zero-order valence-electron chi connectivity index (χ0n) is 14.3. The number of likely N-dealkylation sites (tertiary alicyclic amines) is 1. The fourth-order valence-corrected chi connectivity index (χ4v) is 2.76. The Morgan fingerprint density at radius 1 is 1.27 bits per heavy atom. The highest BCUT2D eigenvalue weighted by molar-refractivity contribution is 5.79. The molecule has 2 heterocycles. The average Bonchev–Trinajstić information content (AvgIpc) is 2.93. The van der Waals surface area contributed by atoms with Gasteiger partial charge in [0.25, 0.3) is 0 Å². The van der Waals surface area contributed by atoms with Crippen LogP contribution in [-0.2, 0) is 13.6 Å². The lowest BCUT2D eigenvalue weighted by atomic mass is 9.98. The number of nitrogens with zero attached hydrogens (tertiary/aromatic N) is 5. The molecule has 0 amide bonds. The minimum absolute atomic E-state index is 0.128. The summed E-state index contributed by atoms with van der Waals surface area (Å²) in [6.45, 7) is 8.45. The van der Waals surface area contributed by atoms with Crippen LogP contribution in [-0.4, -0.2) is 57.8 Å². The van der Waals surface area contributed by atoms with Crippen LogP contribution < -0.4 is 10.6 Å². The highest BCUT2D eigenvalue weighted by atomic mass is 15.3. The number of hydrogen-bond acceptors (Lipinski definition) is 4. The molecule has 2 rings (SSSR count). The molecule has 0 atom stereocenters. The van der Waals surface area contributed by atoms with E-state index in [9.17, 15) is 0 Å². The lowest BCUT2D eigenvalue weighted by Crippen LogP contribution is -2.54. The number of aromatic nitrogens is 3. The number of hydrogen-bond donors (Lipinski definition) is 2. The molecule has 0 spiro atoms. The van der Waals surface area contributed by atoms with Crippen LogP contribution in [0.1, 0.15) is 38.9 Å². The fourth-order valence-electron chi connectivity index (χ4n) is 2.76. The van der Waals surface area contributed by atoms with Gasteiger partial charge in [-0.3, -0.25) is 9.89 Å². The van der Waals surface area contributed by atoms with E-state index in [1.54, 1.807) is 13.4 Å². The second kappa shape index (κ2) is 7.58. The van der Waals surface area contributed by atoms with E-state index in [1.807, 2.05) is 11.6 Å². The Balaban J connectivity index is 1.81. The zero-order valence-corrected chi connectivity index (χ0v) is 14.3. The van der Waals surface area contributed by atoms with Crippen molar-refractivity contribution in [2.75, 3.05) is 26.7 Å². The van der Waals surface area contributed by atoms with Gasteiger partial charge < -0.3 is 15.2 Å². The number of guanidine groups is 1. The van der Waals surface area contributed by atoms with Crippen molar-refractivity contribution in [1.82, 2.24) is 30.3 Å². The molecule has 1 aliphatic heterocycles. The first kappa shape index (κ1) is 16.7. The van der Waals surface area contributed by atoms with E-state index >= 15 is 0 Å². The lowest BCUT2D eigenvalue weighted by molar-refractivity contribution is 0.0982. The lowest BCUT2D eigenvalue weighted by Gasteiger charge is -2.41. The van der Waals surface area contributed by atoms with Crippen LogP contribution >= 0.6 is 0 Å². The largest absolute Gasteiger partial charge is 0.355 e. The van der Waals surface area contributed by atoms with Gasteiger partial charge in [-0.1, -0.05) is 6.42 Å². The summed E-state index contributed by atoms with van der Waals surface area (Å²) in [5, 5.41) is 14.7. The van der Waals surface area contributed by atoms with Gasteiger partial charge in [0.15, 0.2) is 11.8 Å². The predicted molar refractivity (Wildman–Crippen MR) is 88.7 cm³/mol. The molecular weight excluding hydrogens is 278 g/mol. The molecule has 1 aromatic heterocycles. The van der Waals surface area contributed by atoms with Gasteiger partial charge in [0.05, 0.1) is 6.54 Å². The topological polar surface area (TPSA) is 70.4 Å². The molecule has 0 aromatic carbocycles. The van der Waals surface area contributed by atoms with Crippen molar-refractivity contribution in [1.29, 1.82) is 0 Å². The Kier molecular flexibility index (Phi) is 5.76. The summed E-state index contributed by atoms with van der Waals surface area (Å²) in [5.74, 6) is 1.69. The van der Waals surface area contributed by atoms with Gasteiger partial charge >= 0.3 is 0 Å². The number of aryl methyl sites for hydroxylation is 1. The van der Waals surface area contributed by atoms with Crippen molar-refractivity contribution < 1.29 is 0 Å². The monoisotopic (exact) mass is 307 g/mol. The molecule has 1 aromatic rings. The molecule has 0 radical (unpaired) electrons. The van der Waals surface area contributed by atoms with E-state index in [1.165, 1.54) is 32.4 Å². The third kappa shape index (κ3) is 4.43. The number of nitrogens with one attached hydrogen (secondary N) is 2. The van der Waals surface area contributed by atoms with E-state index in [2.05, 4.69) is 44.6 Å². The van der Waals surface area contributed by atoms with Crippen molar-refractivity contribution in [3.05, 3.63) is 12.2 Å². The molecule has 1 fully saturated rings. The first-order valence-corrected chi connectivity index (χ1v) is 8.05. The maximum Gasteiger partial charge on any atom is 0.191 e. The van der Waals surface area contributed by atoms with E-state index in [-0.39, 0.29) is 5.54 Å². The van der Waals surface area contributed by atoms with E-state index in [0.29, 0.717) is 6.54 Å². The van der Waals surface area contributed by atoms with Gasteiger partial charge in [-0.2, -0.15) is 0 Å². The normalized spacial score (nSPS) is 17.5. The molecule has 0 unspecified atom stereocenters. The molecule has 22 heavy (non-hydrogen) atoms. The summed E-state index contributed by atoms with van der Waals surface area (Å²) < 4.78 is 1.90. The number of aliphatic imine (C=N–C) groups is 1. The zero-order chi connectivity index (χ0) is 16.0. The quantitative estimate of drug-likeness (QED) is 0.620. The SMILES string of the molecule is CN=C(NCc1nncn1C)NCC(C)(C)N1CCCCC1. The Labute approximate surface area is 133 Å². The maximum atomic E-state index is 4.28. The molecule has 2 N–H and O–H groups in total. The minimum atomic E-state index is 0.128. The van der Waals surface area contributed by atoms with Crippen LogP contribution in [0.3, 0.4) is 0 Å². The van der Waals surface area contributed by atoms with Gasteiger partial charge in [-0.05, 0) is 39.8 Å². The maximum absolute atomic E-state index is 4.28. The Bertz CT molecular complexity index is 486. The highest BCUT2D eigenvalue weighted by Gasteiger charge is 2.27. The standard InChI is InChI=1S/C15H29N7/c1-15(2,22-8-6-5-7-9-22)11-18-14(16-3)17-10-13-20-19-12-21(13)4/h12H,5-11H2,1-4H3,(H2,16,17,18). The first-order valence-electron chi connectivity index (χ1n) is 8.05. The summed E-state index contributed by atoms with van der Waals surface area (Å²) in [7, 11) is 3.73. The van der Waals surface area contributed by atoms with Crippen LogP contribution in [0.5, 0.6) is 0 Å². The van der Waals surface area contributed by atoms with Crippen LogP contribution in [0.25, 0.3) is 0 Å². The molecule has 0 saturated carbocycles. The number of rotatable bonds is 5. The molecule has 7 nitrogen and oxygen atoms in total. The second-order valence-corrected chi connectivity index (χ2v) is 6.50. The molecule has 1 aliphatic rings. The van der Waals surface area contributed by atoms with Gasteiger partial charge in [0, 0.05) is 26.2 Å². The van der Waals surface area contributed by atoms with Crippen LogP contribution in [0.2, 0.25) is 0 Å². The molecule has 0 bridgehead atoms.